The molecule has 0 aliphatic rings. The molecule has 0 saturated carbocycles. The number of halogens is 2. The molecule has 18 heavy (non-hydrogen) atoms. The van der Waals surface area contributed by atoms with Gasteiger partial charge in [0.15, 0.2) is 0 Å². The van der Waals surface area contributed by atoms with Crippen LogP contribution in [-0.4, -0.2) is 5.91 Å². The molecule has 0 aromatic heterocycles. The third kappa shape index (κ3) is 2.87. The Morgan fingerprint density at radius 2 is 1.83 bits per heavy atom. The molecule has 0 aliphatic carbocycles. The predicted octanol–water partition coefficient (Wildman–Crippen LogP) is 3.42. The van der Waals surface area contributed by atoms with E-state index in [0.717, 1.165) is 0 Å². The molecule has 3 nitrogen and oxygen atoms in total. The number of nitrogen functional groups attached to an aromatic ring is 1. The van der Waals surface area contributed by atoms with E-state index in [9.17, 15) is 9.18 Å². The lowest BCUT2D eigenvalue weighted by Crippen LogP contribution is -2.11. The molecule has 0 fully saturated rings. The molecule has 1 amide bonds. The van der Waals surface area contributed by atoms with Crippen molar-refractivity contribution in [1.29, 1.82) is 0 Å². The third-order valence-corrected chi connectivity index (χ3v) is 2.99. The zero-order valence-corrected chi connectivity index (χ0v) is 10.9. The van der Waals surface area contributed by atoms with E-state index in [1.165, 1.54) is 12.1 Å². The minimum absolute atomic E-state index is 0.309. The van der Waals surface area contributed by atoms with Crippen molar-refractivity contribution >= 4 is 33.2 Å². The van der Waals surface area contributed by atoms with Gasteiger partial charge in [0.1, 0.15) is 5.82 Å². The van der Waals surface area contributed by atoms with Crippen molar-refractivity contribution in [3.63, 3.8) is 0 Å². The van der Waals surface area contributed by atoms with Gasteiger partial charge in [-0.25, -0.2) is 4.39 Å². The van der Waals surface area contributed by atoms with Gasteiger partial charge in [-0.3, -0.25) is 4.79 Å². The van der Waals surface area contributed by atoms with Crippen LogP contribution in [0.3, 0.4) is 0 Å². The number of nitrogens with two attached hydrogens (primary N) is 1. The second-order valence-corrected chi connectivity index (χ2v) is 4.56. The van der Waals surface area contributed by atoms with E-state index >= 15 is 0 Å². The van der Waals surface area contributed by atoms with Crippen molar-refractivity contribution < 1.29 is 9.18 Å². The van der Waals surface area contributed by atoms with E-state index in [-0.39, 0.29) is 5.91 Å². The van der Waals surface area contributed by atoms with Gasteiger partial charge in [-0.05, 0) is 58.4 Å². The molecular weight excluding hydrogens is 299 g/mol. The first-order chi connectivity index (χ1) is 8.56. The van der Waals surface area contributed by atoms with Crippen LogP contribution >= 0.6 is 15.9 Å². The molecule has 0 bridgehead atoms. The number of hydrogen-bond donors (Lipinski definition) is 2. The summed E-state index contributed by atoms with van der Waals surface area (Å²) in [5, 5.41) is 2.61. The van der Waals surface area contributed by atoms with Crippen molar-refractivity contribution in [3.8, 4) is 0 Å². The summed E-state index contributed by atoms with van der Waals surface area (Å²) in [5.41, 5.74) is 6.98. The quantitative estimate of drug-likeness (QED) is 0.835. The van der Waals surface area contributed by atoms with Gasteiger partial charge in [-0.15, -0.1) is 0 Å². The standard InChI is InChI=1S/C13H10BrFN2O/c14-11-6-5-10(7-12(11)15)17-13(18)8-1-3-9(16)4-2-8/h1-7H,16H2,(H,17,18). The molecule has 0 radical (unpaired) electrons. The van der Waals surface area contributed by atoms with Gasteiger partial charge in [0.05, 0.1) is 4.47 Å². The SMILES string of the molecule is Nc1ccc(C(=O)Nc2ccc(Br)c(F)c2)cc1. The Kier molecular flexibility index (Phi) is 3.62. The molecule has 0 atom stereocenters. The van der Waals surface area contributed by atoms with Gasteiger partial charge in [-0.2, -0.15) is 0 Å². The first-order valence-corrected chi connectivity index (χ1v) is 5.97. The highest BCUT2D eigenvalue weighted by Gasteiger charge is 2.07. The minimum atomic E-state index is -0.426. The zero-order valence-electron chi connectivity index (χ0n) is 9.28. The van der Waals surface area contributed by atoms with Crippen molar-refractivity contribution in [2.24, 2.45) is 0 Å². The van der Waals surface area contributed by atoms with E-state index in [2.05, 4.69) is 21.2 Å². The summed E-state index contributed by atoms with van der Waals surface area (Å²) >= 11 is 3.05. The molecule has 3 N–H and O–H groups in total. The molecule has 0 unspecified atom stereocenters. The van der Waals surface area contributed by atoms with Crippen LogP contribution in [0.25, 0.3) is 0 Å². The molecule has 0 saturated heterocycles. The number of carbonyl (C=O) groups is 1. The number of carbonyl (C=O) groups excluding carboxylic acids is 1. The Bertz CT molecular complexity index is 584. The second kappa shape index (κ2) is 5.18. The van der Waals surface area contributed by atoms with Crippen LogP contribution in [0.5, 0.6) is 0 Å². The molecule has 0 heterocycles. The number of rotatable bonds is 2. The molecular formula is C13H10BrFN2O. The normalized spacial score (nSPS) is 10.1. The number of nitrogens with one attached hydrogen (secondary N) is 1. The molecule has 5 heteroatoms. The molecule has 2 rings (SSSR count). The van der Waals surface area contributed by atoms with Gasteiger partial charge in [0, 0.05) is 16.9 Å². The van der Waals surface area contributed by atoms with E-state index in [4.69, 9.17) is 5.73 Å². The summed E-state index contributed by atoms with van der Waals surface area (Å²) in [6.07, 6.45) is 0. The van der Waals surface area contributed by atoms with E-state index < -0.39 is 5.82 Å². The van der Waals surface area contributed by atoms with Gasteiger partial charge in [-0.1, -0.05) is 0 Å². The lowest BCUT2D eigenvalue weighted by molar-refractivity contribution is 0.102. The van der Waals surface area contributed by atoms with Crippen LogP contribution in [0.2, 0.25) is 0 Å². The highest BCUT2D eigenvalue weighted by molar-refractivity contribution is 9.10. The number of benzene rings is 2. The maximum absolute atomic E-state index is 13.3. The monoisotopic (exact) mass is 308 g/mol. The fraction of sp³-hybridized carbons (Fsp3) is 0. The Morgan fingerprint density at radius 1 is 1.17 bits per heavy atom. The van der Waals surface area contributed by atoms with Gasteiger partial charge >= 0.3 is 0 Å². The first-order valence-electron chi connectivity index (χ1n) is 5.18. The maximum Gasteiger partial charge on any atom is 0.255 e. The van der Waals surface area contributed by atoms with Crippen molar-refractivity contribution in [3.05, 3.63) is 58.3 Å². The number of anilines is 2. The predicted molar refractivity (Wildman–Crippen MR) is 72.9 cm³/mol. The van der Waals surface area contributed by atoms with Gasteiger partial charge in [0.2, 0.25) is 0 Å². The highest BCUT2D eigenvalue weighted by Crippen LogP contribution is 2.19. The fourth-order valence-electron chi connectivity index (χ4n) is 1.41. The third-order valence-electron chi connectivity index (χ3n) is 2.35. The Labute approximate surface area is 112 Å². The van der Waals surface area contributed by atoms with Gasteiger partial charge in [0.25, 0.3) is 5.91 Å². The van der Waals surface area contributed by atoms with Crippen molar-refractivity contribution in [1.82, 2.24) is 0 Å². The fourth-order valence-corrected chi connectivity index (χ4v) is 1.66. The molecule has 0 spiro atoms. The van der Waals surface area contributed by atoms with Crippen LogP contribution < -0.4 is 11.1 Å². The summed E-state index contributed by atoms with van der Waals surface area (Å²) in [4.78, 5) is 11.8. The summed E-state index contributed by atoms with van der Waals surface area (Å²) < 4.78 is 13.6. The smallest absolute Gasteiger partial charge is 0.255 e. The summed E-state index contributed by atoms with van der Waals surface area (Å²) in [7, 11) is 0. The summed E-state index contributed by atoms with van der Waals surface area (Å²) in [6, 6.07) is 10.9. The Morgan fingerprint density at radius 3 is 2.44 bits per heavy atom. The Hall–Kier alpha value is -1.88. The highest BCUT2D eigenvalue weighted by atomic mass is 79.9. The number of amides is 1. The second-order valence-electron chi connectivity index (χ2n) is 3.71. The first kappa shape index (κ1) is 12.6. The summed E-state index contributed by atoms with van der Waals surface area (Å²) in [5.74, 6) is -0.734. The van der Waals surface area contributed by atoms with Gasteiger partial charge < -0.3 is 11.1 Å². The van der Waals surface area contributed by atoms with Crippen LogP contribution in [0.4, 0.5) is 15.8 Å². The molecule has 2 aromatic rings. The minimum Gasteiger partial charge on any atom is -0.399 e. The van der Waals surface area contributed by atoms with Crippen LogP contribution in [0.15, 0.2) is 46.9 Å². The average molecular weight is 309 g/mol. The van der Waals surface area contributed by atoms with Crippen molar-refractivity contribution in [2.75, 3.05) is 11.1 Å². The summed E-state index contributed by atoms with van der Waals surface area (Å²) in [6.45, 7) is 0. The van der Waals surface area contributed by atoms with E-state index in [1.54, 1.807) is 30.3 Å². The lowest BCUT2D eigenvalue weighted by Gasteiger charge is -2.06. The average Bonchev–Trinajstić information content (AvgIpc) is 2.34. The number of hydrogen-bond acceptors (Lipinski definition) is 2. The molecule has 92 valence electrons. The zero-order chi connectivity index (χ0) is 13.1. The van der Waals surface area contributed by atoms with Crippen LogP contribution in [-0.2, 0) is 0 Å². The maximum atomic E-state index is 13.3. The van der Waals surface area contributed by atoms with E-state index in [0.29, 0.717) is 21.4 Å². The lowest BCUT2D eigenvalue weighted by atomic mass is 10.2. The van der Waals surface area contributed by atoms with Crippen molar-refractivity contribution in [2.45, 2.75) is 0 Å². The van der Waals surface area contributed by atoms with E-state index in [1.807, 2.05) is 0 Å². The largest absolute Gasteiger partial charge is 0.399 e. The topological polar surface area (TPSA) is 55.1 Å². The van der Waals surface area contributed by atoms with Crippen LogP contribution in [0, 0.1) is 5.82 Å². The Balaban J connectivity index is 2.16. The molecule has 0 aliphatic heterocycles. The molecule has 2 aromatic carbocycles. The van der Waals surface area contributed by atoms with Crippen LogP contribution in [0.1, 0.15) is 10.4 Å².